The molecule has 1 aliphatic carbocycles. The Hall–Kier alpha value is -2.17. The van der Waals surface area contributed by atoms with Gasteiger partial charge in [0.25, 0.3) is 0 Å². The number of hydrogen-bond acceptors (Lipinski definition) is 4. The molecule has 1 heterocycles. The van der Waals surface area contributed by atoms with Crippen LogP contribution in [0.25, 0.3) is 11.0 Å². The minimum Gasteiger partial charge on any atom is -0.451 e. The molecule has 0 amide bonds. The van der Waals surface area contributed by atoms with Crippen LogP contribution in [0.1, 0.15) is 55.5 Å². The number of carbonyl (C=O) groups excluding carboxylic acids is 1. The highest BCUT2D eigenvalue weighted by Crippen LogP contribution is 2.28. The van der Waals surface area contributed by atoms with Crippen LogP contribution in [-0.2, 0) is 0 Å². The molecular weight excluding hydrogens is 297 g/mol. The summed E-state index contributed by atoms with van der Waals surface area (Å²) in [7, 11) is 0. The first-order chi connectivity index (χ1) is 11.0. The number of benzene rings is 1. The summed E-state index contributed by atoms with van der Waals surface area (Å²) in [6.45, 7) is 0. The van der Waals surface area contributed by atoms with Gasteiger partial charge in [-0.1, -0.05) is 32.1 Å². The topological polar surface area (TPSA) is 73.3 Å². The number of nitrogen functional groups attached to an aromatic ring is 1. The van der Waals surface area contributed by atoms with E-state index in [1.165, 1.54) is 32.1 Å². The van der Waals surface area contributed by atoms with Crippen molar-refractivity contribution < 1.29 is 13.6 Å². The van der Waals surface area contributed by atoms with E-state index in [9.17, 15) is 14.0 Å². The van der Waals surface area contributed by atoms with Crippen molar-refractivity contribution in [1.82, 2.24) is 0 Å². The Balaban J connectivity index is 1.82. The molecule has 0 aliphatic heterocycles. The van der Waals surface area contributed by atoms with Gasteiger partial charge in [-0.05, 0) is 18.4 Å². The minimum absolute atomic E-state index is 0.0108. The van der Waals surface area contributed by atoms with Crippen molar-refractivity contribution in [1.29, 1.82) is 0 Å². The maximum atomic E-state index is 13.3. The first-order valence-electron chi connectivity index (χ1n) is 8.10. The second-order valence-corrected chi connectivity index (χ2v) is 6.31. The van der Waals surface area contributed by atoms with Gasteiger partial charge in [0, 0.05) is 18.6 Å². The lowest BCUT2D eigenvalue weighted by atomic mass is 9.85. The van der Waals surface area contributed by atoms with Gasteiger partial charge in [0.05, 0.1) is 11.1 Å². The standard InChI is InChI=1S/C18H20FNO3/c19-12-8-13-16(22)10-17(23-18(13)14(20)9-12)15(21)7-6-11-4-2-1-3-5-11/h8-11H,1-7,20H2. The molecule has 2 aromatic rings. The SMILES string of the molecule is Nc1cc(F)cc2c(=O)cc(C(=O)CCC3CCCCC3)oc12. The van der Waals surface area contributed by atoms with Crippen molar-refractivity contribution >= 4 is 22.4 Å². The monoisotopic (exact) mass is 317 g/mol. The third-order valence-electron chi connectivity index (χ3n) is 4.60. The number of hydrogen-bond donors (Lipinski definition) is 1. The third-order valence-corrected chi connectivity index (χ3v) is 4.60. The minimum atomic E-state index is -0.598. The summed E-state index contributed by atoms with van der Waals surface area (Å²) in [6, 6.07) is 3.31. The number of nitrogens with two attached hydrogens (primary N) is 1. The Kier molecular flexibility index (Phi) is 4.46. The molecule has 1 saturated carbocycles. The van der Waals surface area contributed by atoms with Crippen LogP contribution in [0.2, 0.25) is 0 Å². The van der Waals surface area contributed by atoms with E-state index in [0.717, 1.165) is 24.6 Å². The molecule has 0 bridgehead atoms. The number of fused-ring (bicyclic) bond motifs is 1. The number of ketones is 1. The Bertz CT molecular complexity index is 791. The summed E-state index contributed by atoms with van der Waals surface area (Å²) < 4.78 is 18.8. The molecule has 1 aliphatic rings. The van der Waals surface area contributed by atoms with Crippen LogP contribution >= 0.6 is 0 Å². The zero-order valence-corrected chi connectivity index (χ0v) is 12.9. The number of halogens is 1. The van der Waals surface area contributed by atoms with Crippen LogP contribution in [0.5, 0.6) is 0 Å². The molecule has 1 fully saturated rings. The third kappa shape index (κ3) is 3.44. The van der Waals surface area contributed by atoms with Crippen LogP contribution in [0.15, 0.2) is 27.4 Å². The number of Topliss-reactive ketones (excluding diaryl/α,β-unsaturated/α-hetero) is 1. The lowest BCUT2D eigenvalue weighted by Gasteiger charge is -2.20. The van der Waals surface area contributed by atoms with Crippen LogP contribution < -0.4 is 11.2 Å². The van der Waals surface area contributed by atoms with Crippen molar-refractivity contribution in [2.75, 3.05) is 5.73 Å². The van der Waals surface area contributed by atoms with E-state index in [1.54, 1.807) is 0 Å². The smallest absolute Gasteiger partial charge is 0.198 e. The fourth-order valence-electron chi connectivity index (χ4n) is 3.32. The van der Waals surface area contributed by atoms with E-state index in [0.29, 0.717) is 12.3 Å². The fourth-order valence-corrected chi connectivity index (χ4v) is 3.32. The zero-order valence-electron chi connectivity index (χ0n) is 12.9. The van der Waals surface area contributed by atoms with Crippen molar-refractivity contribution in [2.45, 2.75) is 44.9 Å². The molecule has 2 N–H and O–H groups in total. The molecule has 3 rings (SSSR count). The van der Waals surface area contributed by atoms with Crippen molar-refractivity contribution in [3.8, 4) is 0 Å². The molecule has 0 radical (unpaired) electrons. The molecule has 0 saturated heterocycles. The van der Waals surface area contributed by atoms with E-state index in [4.69, 9.17) is 10.2 Å². The molecule has 5 heteroatoms. The zero-order chi connectivity index (χ0) is 16.4. The van der Waals surface area contributed by atoms with Gasteiger partial charge in [0.15, 0.2) is 22.6 Å². The average molecular weight is 317 g/mol. The van der Waals surface area contributed by atoms with Gasteiger partial charge >= 0.3 is 0 Å². The summed E-state index contributed by atoms with van der Waals surface area (Å²) >= 11 is 0. The Labute approximate surface area is 133 Å². The summed E-state index contributed by atoms with van der Waals surface area (Å²) in [5.74, 6) is -0.201. The lowest BCUT2D eigenvalue weighted by molar-refractivity contribution is 0.0944. The van der Waals surface area contributed by atoms with Gasteiger partial charge < -0.3 is 10.2 Å². The molecule has 1 aromatic heterocycles. The number of anilines is 1. The summed E-state index contributed by atoms with van der Waals surface area (Å²) in [5, 5.41) is 0.0614. The molecule has 1 aromatic carbocycles. The molecule has 0 atom stereocenters. The molecular formula is C18H20FNO3. The highest BCUT2D eigenvalue weighted by Gasteiger charge is 2.18. The maximum Gasteiger partial charge on any atom is 0.198 e. The van der Waals surface area contributed by atoms with Crippen LogP contribution in [-0.4, -0.2) is 5.78 Å². The normalized spacial score (nSPS) is 15.9. The van der Waals surface area contributed by atoms with Crippen LogP contribution in [0, 0.1) is 11.7 Å². The van der Waals surface area contributed by atoms with Gasteiger partial charge in [0.1, 0.15) is 5.82 Å². The molecule has 122 valence electrons. The maximum absolute atomic E-state index is 13.3. The Morgan fingerprint density at radius 2 is 1.96 bits per heavy atom. The lowest BCUT2D eigenvalue weighted by Crippen LogP contribution is -2.11. The first kappa shape index (κ1) is 15.7. The van der Waals surface area contributed by atoms with Crippen molar-refractivity contribution in [3.63, 3.8) is 0 Å². The molecule has 0 unspecified atom stereocenters. The van der Waals surface area contributed by atoms with E-state index in [2.05, 4.69) is 0 Å². The Morgan fingerprint density at radius 1 is 1.22 bits per heavy atom. The highest BCUT2D eigenvalue weighted by atomic mass is 19.1. The van der Waals surface area contributed by atoms with E-state index >= 15 is 0 Å². The quantitative estimate of drug-likeness (QED) is 0.682. The summed E-state index contributed by atoms with van der Waals surface area (Å²) in [4.78, 5) is 24.4. The summed E-state index contributed by atoms with van der Waals surface area (Å²) in [6.07, 6.45) is 7.25. The number of rotatable bonds is 4. The van der Waals surface area contributed by atoms with Crippen LogP contribution in [0.3, 0.4) is 0 Å². The summed E-state index contributed by atoms with van der Waals surface area (Å²) in [5.41, 5.74) is 5.37. The second kappa shape index (κ2) is 6.52. The van der Waals surface area contributed by atoms with Gasteiger partial charge in [-0.25, -0.2) is 4.39 Å². The van der Waals surface area contributed by atoms with Gasteiger partial charge in [-0.3, -0.25) is 9.59 Å². The first-order valence-corrected chi connectivity index (χ1v) is 8.10. The molecule has 4 nitrogen and oxygen atoms in total. The van der Waals surface area contributed by atoms with E-state index in [1.807, 2.05) is 0 Å². The van der Waals surface area contributed by atoms with Gasteiger partial charge in [-0.15, -0.1) is 0 Å². The van der Waals surface area contributed by atoms with E-state index < -0.39 is 11.2 Å². The van der Waals surface area contributed by atoms with E-state index in [-0.39, 0.29) is 28.2 Å². The highest BCUT2D eigenvalue weighted by molar-refractivity contribution is 5.96. The average Bonchev–Trinajstić information content (AvgIpc) is 2.54. The van der Waals surface area contributed by atoms with Crippen molar-refractivity contribution in [3.05, 3.63) is 40.0 Å². The predicted molar refractivity (Wildman–Crippen MR) is 87.0 cm³/mol. The van der Waals surface area contributed by atoms with Gasteiger partial charge in [-0.2, -0.15) is 0 Å². The van der Waals surface area contributed by atoms with Gasteiger partial charge in [0.2, 0.25) is 0 Å². The molecule has 23 heavy (non-hydrogen) atoms. The molecule has 0 spiro atoms. The number of carbonyl (C=O) groups is 1. The van der Waals surface area contributed by atoms with Crippen molar-refractivity contribution in [2.24, 2.45) is 5.92 Å². The second-order valence-electron chi connectivity index (χ2n) is 6.31. The largest absolute Gasteiger partial charge is 0.451 e. The predicted octanol–water partition coefficient (Wildman–Crippen LogP) is 4.06. The Morgan fingerprint density at radius 3 is 2.70 bits per heavy atom. The van der Waals surface area contributed by atoms with Crippen LogP contribution in [0.4, 0.5) is 10.1 Å². The fraction of sp³-hybridized carbons (Fsp3) is 0.444.